The standard InChI is InChI=1S/C19H29NO3/c1-12(2)21-11-14-7-18(14)19-6-5-15(10-20-19)23-17-8-16(9-17)22-13(3)4/h5-6,10,12-14,16-18H,7-9,11H2,1-4H3/t14-,16?,17?,18+/m0/s1. The molecule has 0 aliphatic heterocycles. The molecule has 0 aromatic carbocycles. The SMILES string of the molecule is CC(C)OC[C@@H]1C[C@H]1c1ccc(OC2CC(OC(C)C)C2)cn1. The third-order valence-electron chi connectivity index (χ3n) is 4.52. The summed E-state index contributed by atoms with van der Waals surface area (Å²) in [5, 5.41) is 0. The van der Waals surface area contributed by atoms with Crippen LogP contribution in [0.3, 0.4) is 0 Å². The molecule has 2 aliphatic carbocycles. The van der Waals surface area contributed by atoms with Crippen LogP contribution in [-0.4, -0.2) is 36.0 Å². The normalized spacial score (nSPS) is 29.7. The van der Waals surface area contributed by atoms with Crippen molar-refractivity contribution >= 4 is 0 Å². The van der Waals surface area contributed by atoms with Crippen LogP contribution in [0.2, 0.25) is 0 Å². The van der Waals surface area contributed by atoms with E-state index in [0.29, 0.717) is 30.1 Å². The lowest BCUT2D eigenvalue weighted by Gasteiger charge is -2.36. The molecule has 2 atom stereocenters. The molecule has 1 heterocycles. The summed E-state index contributed by atoms with van der Waals surface area (Å²) in [5.74, 6) is 2.07. The summed E-state index contributed by atoms with van der Waals surface area (Å²) in [6.45, 7) is 9.17. The number of hydrogen-bond acceptors (Lipinski definition) is 4. The predicted octanol–water partition coefficient (Wildman–Crippen LogP) is 3.94. The Labute approximate surface area is 139 Å². The van der Waals surface area contributed by atoms with Gasteiger partial charge in [-0.15, -0.1) is 0 Å². The highest BCUT2D eigenvalue weighted by Crippen LogP contribution is 2.47. The van der Waals surface area contributed by atoms with Gasteiger partial charge in [-0.05, 0) is 52.2 Å². The summed E-state index contributed by atoms with van der Waals surface area (Å²) in [4.78, 5) is 4.59. The van der Waals surface area contributed by atoms with Gasteiger partial charge < -0.3 is 14.2 Å². The molecule has 2 saturated carbocycles. The number of pyridine rings is 1. The van der Waals surface area contributed by atoms with Crippen LogP contribution in [-0.2, 0) is 9.47 Å². The molecule has 0 unspecified atom stereocenters. The van der Waals surface area contributed by atoms with E-state index in [9.17, 15) is 0 Å². The smallest absolute Gasteiger partial charge is 0.138 e. The van der Waals surface area contributed by atoms with E-state index in [1.165, 1.54) is 12.1 Å². The van der Waals surface area contributed by atoms with Gasteiger partial charge in [0.15, 0.2) is 0 Å². The fraction of sp³-hybridized carbons (Fsp3) is 0.737. The monoisotopic (exact) mass is 319 g/mol. The molecule has 0 saturated heterocycles. The molecule has 0 N–H and O–H groups in total. The minimum atomic E-state index is 0.277. The van der Waals surface area contributed by atoms with Crippen LogP contribution >= 0.6 is 0 Å². The van der Waals surface area contributed by atoms with E-state index in [1.807, 2.05) is 6.20 Å². The van der Waals surface area contributed by atoms with Gasteiger partial charge in [0.1, 0.15) is 11.9 Å². The maximum Gasteiger partial charge on any atom is 0.138 e. The fourth-order valence-corrected chi connectivity index (χ4v) is 3.09. The topological polar surface area (TPSA) is 40.6 Å². The predicted molar refractivity (Wildman–Crippen MR) is 89.8 cm³/mol. The van der Waals surface area contributed by atoms with Crippen LogP contribution in [0.4, 0.5) is 0 Å². The third kappa shape index (κ3) is 4.67. The molecular formula is C19H29NO3. The first-order valence-corrected chi connectivity index (χ1v) is 8.91. The molecule has 128 valence electrons. The Bertz CT molecular complexity index is 494. The quantitative estimate of drug-likeness (QED) is 0.727. The van der Waals surface area contributed by atoms with Crippen molar-refractivity contribution in [2.24, 2.45) is 5.92 Å². The van der Waals surface area contributed by atoms with Crippen molar-refractivity contribution in [2.45, 2.75) is 77.3 Å². The highest BCUT2D eigenvalue weighted by Gasteiger charge is 2.39. The van der Waals surface area contributed by atoms with E-state index >= 15 is 0 Å². The molecule has 3 rings (SSSR count). The Hall–Kier alpha value is -1.13. The van der Waals surface area contributed by atoms with E-state index < -0.39 is 0 Å². The van der Waals surface area contributed by atoms with E-state index in [1.54, 1.807) is 0 Å². The first kappa shape index (κ1) is 16.7. The summed E-state index contributed by atoms with van der Waals surface area (Å²) in [5.41, 5.74) is 1.17. The third-order valence-corrected chi connectivity index (χ3v) is 4.52. The average Bonchev–Trinajstić information content (AvgIpc) is 3.23. The van der Waals surface area contributed by atoms with Gasteiger partial charge in [-0.2, -0.15) is 0 Å². The summed E-state index contributed by atoms with van der Waals surface area (Å²) >= 11 is 0. The van der Waals surface area contributed by atoms with Gasteiger partial charge in [0.2, 0.25) is 0 Å². The molecule has 2 fully saturated rings. The van der Waals surface area contributed by atoms with Crippen LogP contribution < -0.4 is 4.74 Å². The Morgan fingerprint density at radius 3 is 2.43 bits per heavy atom. The van der Waals surface area contributed by atoms with Crippen molar-refractivity contribution in [3.05, 3.63) is 24.0 Å². The molecule has 0 radical (unpaired) electrons. The zero-order chi connectivity index (χ0) is 16.4. The number of nitrogens with zero attached hydrogens (tertiary/aromatic N) is 1. The van der Waals surface area contributed by atoms with Crippen molar-refractivity contribution in [1.82, 2.24) is 4.98 Å². The van der Waals surface area contributed by atoms with E-state index in [4.69, 9.17) is 14.2 Å². The Morgan fingerprint density at radius 2 is 1.83 bits per heavy atom. The zero-order valence-corrected chi connectivity index (χ0v) is 14.7. The molecule has 23 heavy (non-hydrogen) atoms. The minimum absolute atomic E-state index is 0.277. The molecule has 1 aromatic rings. The van der Waals surface area contributed by atoms with Gasteiger partial charge in [0.25, 0.3) is 0 Å². The number of hydrogen-bond donors (Lipinski definition) is 0. The Balaban J connectivity index is 1.41. The van der Waals surface area contributed by atoms with Crippen LogP contribution in [0, 0.1) is 5.92 Å². The molecular weight excluding hydrogens is 290 g/mol. The second-order valence-corrected chi connectivity index (χ2v) is 7.42. The number of aromatic nitrogens is 1. The van der Waals surface area contributed by atoms with Crippen LogP contribution in [0.5, 0.6) is 5.75 Å². The highest BCUT2D eigenvalue weighted by atomic mass is 16.5. The van der Waals surface area contributed by atoms with Gasteiger partial charge in [0, 0.05) is 24.5 Å². The van der Waals surface area contributed by atoms with Gasteiger partial charge in [-0.3, -0.25) is 4.98 Å². The number of ether oxygens (including phenoxy) is 3. The van der Waals surface area contributed by atoms with Gasteiger partial charge in [0.05, 0.1) is 31.1 Å². The molecule has 0 amide bonds. The Kier molecular flexibility index (Phi) is 5.22. The van der Waals surface area contributed by atoms with E-state index in [0.717, 1.165) is 25.2 Å². The second-order valence-electron chi connectivity index (χ2n) is 7.42. The fourth-order valence-electron chi connectivity index (χ4n) is 3.09. The van der Waals surface area contributed by atoms with Crippen LogP contribution in [0.15, 0.2) is 18.3 Å². The summed E-state index contributed by atoms with van der Waals surface area (Å²) in [7, 11) is 0. The molecule has 4 heteroatoms. The molecule has 0 spiro atoms. The summed E-state index contributed by atoms with van der Waals surface area (Å²) < 4.78 is 17.4. The zero-order valence-electron chi connectivity index (χ0n) is 14.7. The van der Waals surface area contributed by atoms with E-state index in [-0.39, 0.29) is 6.10 Å². The lowest BCUT2D eigenvalue weighted by Crippen LogP contribution is -2.40. The maximum absolute atomic E-state index is 5.96. The van der Waals surface area contributed by atoms with Crippen molar-refractivity contribution < 1.29 is 14.2 Å². The highest BCUT2D eigenvalue weighted by molar-refractivity contribution is 5.25. The van der Waals surface area contributed by atoms with Crippen LogP contribution in [0.1, 0.15) is 58.6 Å². The van der Waals surface area contributed by atoms with Crippen molar-refractivity contribution in [1.29, 1.82) is 0 Å². The molecule has 1 aromatic heterocycles. The van der Waals surface area contributed by atoms with E-state index in [2.05, 4.69) is 44.8 Å². The summed E-state index contributed by atoms with van der Waals surface area (Å²) in [6.07, 6.45) is 6.27. The lowest BCUT2D eigenvalue weighted by atomic mass is 9.92. The summed E-state index contributed by atoms with van der Waals surface area (Å²) in [6, 6.07) is 4.16. The van der Waals surface area contributed by atoms with Crippen molar-refractivity contribution in [2.75, 3.05) is 6.61 Å². The molecule has 2 aliphatic rings. The van der Waals surface area contributed by atoms with Gasteiger partial charge in [-0.1, -0.05) is 0 Å². The average molecular weight is 319 g/mol. The van der Waals surface area contributed by atoms with Crippen LogP contribution in [0.25, 0.3) is 0 Å². The molecule has 4 nitrogen and oxygen atoms in total. The minimum Gasteiger partial charge on any atom is -0.489 e. The largest absolute Gasteiger partial charge is 0.489 e. The Morgan fingerprint density at radius 1 is 1.04 bits per heavy atom. The molecule has 0 bridgehead atoms. The van der Waals surface area contributed by atoms with Gasteiger partial charge >= 0.3 is 0 Å². The van der Waals surface area contributed by atoms with Gasteiger partial charge in [-0.25, -0.2) is 0 Å². The number of rotatable bonds is 8. The first-order valence-electron chi connectivity index (χ1n) is 8.91. The lowest BCUT2D eigenvalue weighted by molar-refractivity contribution is -0.0850. The maximum atomic E-state index is 5.96. The van der Waals surface area contributed by atoms with Crippen molar-refractivity contribution in [3.8, 4) is 5.75 Å². The second kappa shape index (κ2) is 7.18. The first-order chi connectivity index (χ1) is 11.0. The van der Waals surface area contributed by atoms with Crippen molar-refractivity contribution in [3.63, 3.8) is 0 Å².